The summed E-state index contributed by atoms with van der Waals surface area (Å²) in [5.41, 5.74) is 0.875. The van der Waals surface area contributed by atoms with Crippen molar-refractivity contribution in [2.24, 2.45) is 5.92 Å². The van der Waals surface area contributed by atoms with Crippen LogP contribution in [-0.4, -0.2) is 49.4 Å². The molecule has 2 amide bonds. The number of hydrogen-bond acceptors (Lipinski definition) is 7. The fourth-order valence-electron chi connectivity index (χ4n) is 3.86. The van der Waals surface area contributed by atoms with Gasteiger partial charge in [0, 0.05) is 30.7 Å². The van der Waals surface area contributed by atoms with Crippen LogP contribution in [0.4, 0.5) is 0 Å². The van der Waals surface area contributed by atoms with E-state index in [4.69, 9.17) is 4.74 Å². The lowest BCUT2D eigenvalue weighted by Crippen LogP contribution is -2.49. The molecule has 10 nitrogen and oxygen atoms in total. The Morgan fingerprint density at radius 1 is 1.14 bits per heavy atom. The fraction of sp³-hybridized carbons (Fsp3) is 0.440. The van der Waals surface area contributed by atoms with Crippen LogP contribution < -0.4 is 15.4 Å². The highest BCUT2D eigenvalue weighted by Gasteiger charge is 2.31. The summed E-state index contributed by atoms with van der Waals surface area (Å²) < 4.78 is 7.27. The Morgan fingerprint density at radius 2 is 1.89 bits per heavy atom. The molecule has 1 atom stereocenters. The number of Topliss-reactive ketones (excluding diaryl/α,β-unsaturated/α-hetero) is 1. The number of fused-ring (bicyclic) bond motifs is 1. The molecule has 3 aromatic rings. The minimum absolute atomic E-state index is 0.0147. The maximum absolute atomic E-state index is 12.9. The van der Waals surface area contributed by atoms with E-state index >= 15 is 0 Å². The molecule has 184 valence electrons. The lowest BCUT2D eigenvalue weighted by atomic mass is 10.1. The molecule has 10 heteroatoms. The lowest BCUT2D eigenvalue weighted by molar-refractivity contribution is -0.129. The molecular formula is C25H30N6O4. The summed E-state index contributed by atoms with van der Waals surface area (Å²) in [5.74, 6) is 0.795. The van der Waals surface area contributed by atoms with Gasteiger partial charge in [-0.15, -0.1) is 0 Å². The summed E-state index contributed by atoms with van der Waals surface area (Å²) in [4.78, 5) is 46.0. The fourth-order valence-corrected chi connectivity index (χ4v) is 3.86. The van der Waals surface area contributed by atoms with E-state index in [-0.39, 0.29) is 42.5 Å². The van der Waals surface area contributed by atoms with Gasteiger partial charge in [-0.25, -0.2) is 9.97 Å². The highest BCUT2D eigenvalue weighted by Crippen LogP contribution is 2.33. The molecule has 1 aliphatic rings. The smallest absolute Gasteiger partial charge is 0.242 e. The molecule has 1 saturated carbocycles. The third-order valence-electron chi connectivity index (χ3n) is 5.68. The number of rotatable bonds is 11. The first-order chi connectivity index (χ1) is 16.8. The summed E-state index contributed by atoms with van der Waals surface area (Å²) in [6.07, 6.45) is 6.05. The van der Waals surface area contributed by atoms with Crippen LogP contribution in [0.25, 0.3) is 10.9 Å². The molecule has 2 N–H and O–H groups in total. The van der Waals surface area contributed by atoms with E-state index in [1.807, 2.05) is 13.8 Å². The van der Waals surface area contributed by atoms with Crippen LogP contribution in [-0.2, 0) is 22.7 Å². The Morgan fingerprint density at radius 3 is 2.54 bits per heavy atom. The Labute approximate surface area is 203 Å². The minimum Gasteiger partial charge on any atom is -0.486 e. The average molecular weight is 479 g/mol. The van der Waals surface area contributed by atoms with Gasteiger partial charge in [0.05, 0.1) is 5.52 Å². The number of nitrogens with zero attached hydrogens (tertiary/aromatic N) is 4. The first kappa shape index (κ1) is 24.3. The standard InChI is InChI=1S/C25H30N6O4/c1-15(2)28-25(34)20(11-17-5-6-17)29-23(33)13-31-21-8-7-18(12-19(21)24(30-31)16(3)32)35-14-22-26-9-4-10-27-22/h4,7-10,12,15,17,20H,5-6,11,13-14H2,1-3H3,(H,28,34)(H,29,33)/t20-/m0/s1. The maximum atomic E-state index is 12.9. The zero-order valence-corrected chi connectivity index (χ0v) is 20.2. The van der Waals surface area contributed by atoms with Crippen LogP contribution >= 0.6 is 0 Å². The third-order valence-corrected chi connectivity index (χ3v) is 5.68. The predicted molar refractivity (Wildman–Crippen MR) is 129 cm³/mol. The molecular weight excluding hydrogens is 448 g/mol. The summed E-state index contributed by atoms with van der Waals surface area (Å²) in [5, 5.41) is 10.7. The van der Waals surface area contributed by atoms with Gasteiger partial charge in [0.15, 0.2) is 11.6 Å². The lowest BCUT2D eigenvalue weighted by Gasteiger charge is -2.20. The normalized spacial score (nSPS) is 14.1. The molecule has 1 aliphatic carbocycles. The summed E-state index contributed by atoms with van der Waals surface area (Å²) in [7, 11) is 0. The Bertz CT molecular complexity index is 1220. The molecule has 0 unspecified atom stereocenters. The number of hydrogen-bond donors (Lipinski definition) is 2. The summed E-state index contributed by atoms with van der Waals surface area (Å²) in [6.45, 7) is 5.27. The van der Waals surface area contributed by atoms with Gasteiger partial charge in [-0.05, 0) is 50.5 Å². The van der Waals surface area contributed by atoms with Crippen molar-refractivity contribution >= 4 is 28.5 Å². The van der Waals surface area contributed by atoms with Crippen LogP contribution in [0.15, 0.2) is 36.7 Å². The van der Waals surface area contributed by atoms with Gasteiger partial charge in [0.2, 0.25) is 11.8 Å². The summed E-state index contributed by atoms with van der Waals surface area (Å²) in [6, 6.07) is 6.35. The van der Waals surface area contributed by atoms with Crippen LogP contribution in [0.2, 0.25) is 0 Å². The van der Waals surface area contributed by atoms with Crippen molar-refractivity contribution in [2.75, 3.05) is 0 Å². The zero-order chi connectivity index (χ0) is 24.9. The predicted octanol–water partition coefficient (Wildman–Crippen LogP) is 2.42. The SMILES string of the molecule is CC(=O)c1nn(CC(=O)N[C@@H](CC2CC2)C(=O)NC(C)C)c2ccc(OCc3ncccn3)cc12. The topological polar surface area (TPSA) is 128 Å². The summed E-state index contributed by atoms with van der Waals surface area (Å²) >= 11 is 0. The van der Waals surface area contributed by atoms with E-state index in [2.05, 4.69) is 25.7 Å². The molecule has 4 rings (SSSR count). The van der Waals surface area contributed by atoms with Gasteiger partial charge >= 0.3 is 0 Å². The van der Waals surface area contributed by atoms with Crippen LogP contribution in [0.1, 0.15) is 56.3 Å². The Kier molecular flexibility index (Phi) is 7.38. The van der Waals surface area contributed by atoms with E-state index < -0.39 is 6.04 Å². The number of benzene rings is 1. The van der Waals surface area contributed by atoms with Crippen molar-refractivity contribution < 1.29 is 19.1 Å². The van der Waals surface area contributed by atoms with Gasteiger partial charge < -0.3 is 15.4 Å². The van der Waals surface area contributed by atoms with Crippen molar-refractivity contribution in [3.63, 3.8) is 0 Å². The number of ether oxygens (including phenoxy) is 1. The number of carbonyl (C=O) groups excluding carboxylic acids is 3. The number of aromatic nitrogens is 4. The van der Waals surface area contributed by atoms with Gasteiger partial charge in [-0.2, -0.15) is 5.10 Å². The van der Waals surface area contributed by atoms with E-state index in [9.17, 15) is 14.4 Å². The molecule has 2 aromatic heterocycles. The largest absolute Gasteiger partial charge is 0.486 e. The molecule has 1 aromatic carbocycles. The number of carbonyl (C=O) groups is 3. The number of amides is 2. The van der Waals surface area contributed by atoms with Gasteiger partial charge in [0.1, 0.15) is 30.6 Å². The van der Waals surface area contributed by atoms with Gasteiger partial charge in [0.25, 0.3) is 0 Å². The molecule has 1 fully saturated rings. The quantitative estimate of drug-likeness (QED) is 0.405. The second-order valence-electron chi connectivity index (χ2n) is 9.16. The van der Waals surface area contributed by atoms with E-state index in [0.29, 0.717) is 34.8 Å². The first-order valence-corrected chi connectivity index (χ1v) is 11.8. The second-order valence-corrected chi connectivity index (χ2v) is 9.16. The van der Waals surface area contributed by atoms with Gasteiger partial charge in [-0.1, -0.05) is 12.8 Å². The van der Waals surface area contributed by atoms with Crippen molar-refractivity contribution in [1.29, 1.82) is 0 Å². The molecule has 0 radical (unpaired) electrons. The Hall–Kier alpha value is -3.82. The third kappa shape index (κ3) is 6.40. The molecule has 2 heterocycles. The zero-order valence-electron chi connectivity index (χ0n) is 20.2. The highest BCUT2D eigenvalue weighted by atomic mass is 16.5. The number of nitrogens with one attached hydrogen (secondary N) is 2. The molecule has 0 spiro atoms. The van der Waals surface area contributed by atoms with Crippen LogP contribution in [0, 0.1) is 5.92 Å². The van der Waals surface area contributed by atoms with Crippen molar-refractivity contribution in [3.8, 4) is 5.75 Å². The Balaban J connectivity index is 1.50. The van der Waals surface area contributed by atoms with Crippen molar-refractivity contribution in [2.45, 2.75) is 65.3 Å². The van der Waals surface area contributed by atoms with E-state index in [1.54, 1.807) is 36.7 Å². The van der Waals surface area contributed by atoms with E-state index in [0.717, 1.165) is 12.8 Å². The maximum Gasteiger partial charge on any atom is 0.242 e. The first-order valence-electron chi connectivity index (χ1n) is 11.8. The van der Waals surface area contributed by atoms with Gasteiger partial charge in [-0.3, -0.25) is 19.1 Å². The molecule has 35 heavy (non-hydrogen) atoms. The molecule has 0 saturated heterocycles. The monoisotopic (exact) mass is 478 g/mol. The highest BCUT2D eigenvalue weighted by molar-refractivity contribution is 6.05. The molecule has 0 aliphatic heterocycles. The average Bonchev–Trinajstić information content (AvgIpc) is 3.57. The minimum atomic E-state index is -0.591. The van der Waals surface area contributed by atoms with Crippen molar-refractivity contribution in [1.82, 2.24) is 30.4 Å². The molecule has 0 bridgehead atoms. The van der Waals surface area contributed by atoms with Crippen LogP contribution in [0.3, 0.4) is 0 Å². The second kappa shape index (κ2) is 10.6. The number of ketones is 1. The van der Waals surface area contributed by atoms with E-state index in [1.165, 1.54) is 11.6 Å². The van der Waals surface area contributed by atoms with Crippen LogP contribution in [0.5, 0.6) is 5.75 Å². The van der Waals surface area contributed by atoms with Crippen molar-refractivity contribution in [3.05, 3.63) is 48.2 Å².